The number of piperidine rings is 1. The average molecular weight is 364 g/mol. The summed E-state index contributed by atoms with van der Waals surface area (Å²) >= 11 is 0. The number of hydrogen-bond donors (Lipinski definition) is 3. The van der Waals surface area contributed by atoms with Gasteiger partial charge in [-0.1, -0.05) is 0 Å². The average Bonchev–Trinajstić information content (AvgIpc) is 2.69. The zero-order valence-corrected chi connectivity index (χ0v) is 13.4. The minimum Gasteiger partial charge on any atom is -0.380 e. The maximum Gasteiger partial charge on any atom is 0.418 e. The van der Waals surface area contributed by atoms with Crippen LogP contribution >= 0.6 is 0 Å². The number of urea groups is 1. The Morgan fingerprint density at radius 1 is 1.38 bits per heavy atom. The van der Waals surface area contributed by atoms with Crippen molar-refractivity contribution in [1.82, 2.24) is 20.8 Å². The van der Waals surface area contributed by atoms with Crippen LogP contribution in [0.25, 0.3) is 0 Å². The molecule has 12 nitrogen and oxygen atoms in total. The van der Waals surface area contributed by atoms with Crippen molar-refractivity contribution in [1.29, 1.82) is 0 Å². The second kappa shape index (κ2) is 5.54. The Labute approximate surface area is 136 Å². The van der Waals surface area contributed by atoms with Crippen molar-refractivity contribution in [3.8, 4) is 0 Å². The number of nitrogens with one attached hydrogen (secondary N) is 2. The summed E-state index contributed by atoms with van der Waals surface area (Å²) in [6.07, 6.45) is 0.208. The van der Waals surface area contributed by atoms with Crippen LogP contribution in [-0.2, 0) is 29.0 Å². The Morgan fingerprint density at radius 2 is 2.04 bits per heavy atom. The number of hydroxylamine groups is 2. The summed E-state index contributed by atoms with van der Waals surface area (Å²) in [7, 11) is -4.89. The SMILES string of the molecule is CC(=O)NNC(=O)[C@@H]1CC2(COC2)[C@@H]2CN1C(=O)N2OS(=O)(=O)O. The Balaban J connectivity index is 1.85. The Morgan fingerprint density at radius 3 is 2.54 bits per heavy atom. The molecule has 3 aliphatic heterocycles. The highest BCUT2D eigenvalue weighted by molar-refractivity contribution is 7.80. The number of carbonyl (C=O) groups excluding carboxylic acids is 3. The molecule has 2 atom stereocenters. The van der Waals surface area contributed by atoms with Crippen LogP contribution in [0, 0.1) is 5.41 Å². The maximum atomic E-state index is 12.4. The van der Waals surface area contributed by atoms with E-state index in [1.807, 2.05) is 0 Å². The topological polar surface area (TPSA) is 155 Å². The fraction of sp³-hybridized carbons (Fsp3) is 0.727. The summed E-state index contributed by atoms with van der Waals surface area (Å²) in [6, 6.07) is -2.46. The second-order valence-electron chi connectivity index (χ2n) is 6.02. The monoisotopic (exact) mass is 364 g/mol. The van der Waals surface area contributed by atoms with Crippen molar-refractivity contribution in [2.75, 3.05) is 19.8 Å². The van der Waals surface area contributed by atoms with Gasteiger partial charge >= 0.3 is 16.4 Å². The van der Waals surface area contributed by atoms with Gasteiger partial charge in [-0.2, -0.15) is 13.5 Å². The van der Waals surface area contributed by atoms with Gasteiger partial charge in [0.1, 0.15) is 6.04 Å². The van der Waals surface area contributed by atoms with E-state index in [1.54, 1.807) is 0 Å². The molecule has 0 saturated carbocycles. The second-order valence-corrected chi connectivity index (χ2v) is 7.03. The number of amides is 4. The fourth-order valence-corrected chi connectivity index (χ4v) is 3.63. The molecule has 3 heterocycles. The first-order valence-corrected chi connectivity index (χ1v) is 8.40. The van der Waals surface area contributed by atoms with Crippen molar-refractivity contribution in [3.63, 3.8) is 0 Å². The summed E-state index contributed by atoms with van der Waals surface area (Å²) in [6.45, 7) is 1.68. The van der Waals surface area contributed by atoms with E-state index in [1.165, 1.54) is 6.92 Å². The highest BCUT2D eigenvalue weighted by Gasteiger charge is 2.63. The zero-order chi connectivity index (χ0) is 17.7. The molecule has 0 aromatic heterocycles. The van der Waals surface area contributed by atoms with Gasteiger partial charge in [0.05, 0.1) is 19.3 Å². The van der Waals surface area contributed by atoms with E-state index < -0.39 is 45.7 Å². The smallest absolute Gasteiger partial charge is 0.380 e. The molecule has 0 aromatic rings. The van der Waals surface area contributed by atoms with Crippen molar-refractivity contribution in [2.45, 2.75) is 25.4 Å². The molecule has 2 bridgehead atoms. The van der Waals surface area contributed by atoms with Crippen LogP contribution in [0.15, 0.2) is 0 Å². The quantitative estimate of drug-likeness (QED) is 0.376. The molecular formula is C11H16N4O8S. The predicted molar refractivity (Wildman–Crippen MR) is 74.0 cm³/mol. The molecule has 3 aliphatic rings. The van der Waals surface area contributed by atoms with Crippen LogP contribution in [0.1, 0.15) is 13.3 Å². The number of ether oxygens (including phenoxy) is 1. The molecule has 3 rings (SSSR count). The third-order valence-corrected chi connectivity index (χ3v) is 4.74. The number of fused-ring (bicyclic) bond motifs is 3. The molecule has 4 amide bonds. The molecule has 13 heteroatoms. The summed E-state index contributed by atoms with van der Waals surface area (Å²) in [5.74, 6) is -1.10. The lowest BCUT2D eigenvalue weighted by Crippen LogP contribution is -2.64. The molecule has 0 aromatic carbocycles. The van der Waals surface area contributed by atoms with E-state index in [0.29, 0.717) is 5.06 Å². The summed E-state index contributed by atoms with van der Waals surface area (Å²) in [5.41, 5.74) is 3.68. The van der Waals surface area contributed by atoms with Gasteiger partial charge in [-0.25, -0.2) is 4.79 Å². The first-order valence-electron chi connectivity index (χ1n) is 7.04. The van der Waals surface area contributed by atoms with Crippen molar-refractivity contribution >= 4 is 28.2 Å². The summed E-state index contributed by atoms with van der Waals surface area (Å²) < 4.78 is 40.4. The molecule has 3 fully saturated rings. The van der Waals surface area contributed by atoms with E-state index in [2.05, 4.69) is 15.1 Å². The minimum absolute atomic E-state index is 0.0376. The fourth-order valence-electron chi connectivity index (χ4n) is 3.26. The molecule has 24 heavy (non-hydrogen) atoms. The molecular weight excluding hydrogens is 348 g/mol. The Hall–Kier alpha value is -1.96. The Kier molecular flexibility index (Phi) is 3.90. The van der Waals surface area contributed by atoms with Crippen molar-refractivity contribution in [2.24, 2.45) is 5.41 Å². The number of rotatable bonds is 3. The van der Waals surface area contributed by atoms with E-state index in [0.717, 1.165) is 4.90 Å². The lowest BCUT2D eigenvalue weighted by atomic mass is 9.71. The van der Waals surface area contributed by atoms with Crippen molar-refractivity contribution < 1.29 is 36.4 Å². The molecule has 1 spiro atoms. The zero-order valence-electron chi connectivity index (χ0n) is 12.6. The summed E-state index contributed by atoms with van der Waals surface area (Å²) in [4.78, 5) is 36.7. The van der Waals surface area contributed by atoms with E-state index in [-0.39, 0.29) is 26.2 Å². The molecule has 0 aliphatic carbocycles. The van der Waals surface area contributed by atoms with Gasteiger partial charge in [0.2, 0.25) is 5.91 Å². The van der Waals surface area contributed by atoms with Gasteiger partial charge in [0.25, 0.3) is 5.91 Å². The minimum atomic E-state index is -4.89. The van der Waals surface area contributed by atoms with E-state index in [4.69, 9.17) is 9.29 Å². The third-order valence-electron chi connectivity index (χ3n) is 4.39. The molecule has 3 saturated heterocycles. The summed E-state index contributed by atoms with van der Waals surface area (Å²) in [5, 5.41) is 0.573. The number of nitrogens with zero attached hydrogens (tertiary/aromatic N) is 2. The lowest BCUT2D eigenvalue weighted by molar-refractivity contribution is -0.193. The Bertz CT molecular complexity index is 690. The first kappa shape index (κ1) is 16.9. The standard InChI is InChI=1S/C11H16N4O8S/c1-6(16)12-13-9(17)7-2-11(4-22-5-11)8-3-14(7)10(18)15(8)23-24(19,20)21/h7-8H,2-5H2,1H3,(H,12,16)(H,13,17)(H,19,20,21)/t7-,8-/m0/s1. The molecule has 3 N–H and O–H groups in total. The van der Waals surface area contributed by atoms with Crippen LogP contribution in [-0.4, -0.2) is 72.6 Å². The van der Waals surface area contributed by atoms with Gasteiger partial charge < -0.3 is 9.64 Å². The normalized spacial score (nSPS) is 27.8. The maximum absolute atomic E-state index is 12.4. The number of carbonyl (C=O) groups is 3. The predicted octanol–water partition coefficient (Wildman–Crippen LogP) is -2.22. The van der Waals surface area contributed by atoms with Crippen LogP contribution in [0.2, 0.25) is 0 Å². The largest absolute Gasteiger partial charge is 0.418 e. The van der Waals surface area contributed by atoms with Gasteiger partial charge in [0.15, 0.2) is 0 Å². The number of hydrogen-bond acceptors (Lipinski definition) is 7. The van der Waals surface area contributed by atoms with Gasteiger partial charge in [0, 0.05) is 18.9 Å². The van der Waals surface area contributed by atoms with E-state index in [9.17, 15) is 22.8 Å². The first-order chi connectivity index (χ1) is 11.1. The highest BCUT2D eigenvalue weighted by Crippen LogP contribution is 2.47. The van der Waals surface area contributed by atoms with Crippen molar-refractivity contribution in [3.05, 3.63) is 0 Å². The molecule has 0 unspecified atom stereocenters. The van der Waals surface area contributed by atoms with Gasteiger partial charge in [-0.15, -0.1) is 4.28 Å². The van der Waals surface area contributed by atoms with E-state index >= 15 is 0 Å². The lowest BCUT2D eigenvalue weighted by Gasteiger charge is -2.50. The van der Waals surface area contributed by atoms with Crippen LogP contribution in [0.4, 0.5) is 4.79 Å². The highest BCUT2D eigenvalue weighted by atomic mass is 32.3. The molecule has 0 radical (unpaired) electrons. The van der Waals surface area contributed by atoms with Crippen LogP contribution in [0.3, 0.4) is 0 Å². The molecule has 134 valence electrons. The third kappa shape index (κ3) is 2.79. The van der Waals surface area contributed by atoms with Crippen LogP contribution in [0.5, 0.6) is 0 Å². The van der Waals surface area contributed by atoms with Gasteiger partial charge in [-0.05, 0) is 6.42 Å². The van der Waals surface area contributed by atoms with Crippen LogP contribution < -0.4 is 10.9 Å². The number of hydrazine groups is 1. The van der Waals surface area contributed by atoms with Gasteiger partial charge in [-0.3, -0.25) is 25.0 Å².